The lowest BCUT2D eigenvalue weighted by Gasteiger charge is -2.23. The first-order chi connectivity index (χ1) is 8.78. The zero-order valence-electron chi connectivity index (χ0n) is 10.1. The molecule has 1 aromatic rings. The predicted octanol–water partition coefficient (Wildman–Crippen LogP) is 0.751. The van der Waals surface area contributed by atoms with E-state index < -0.39 is 0 Å². The van der Waals surface area contributed by atoms with Crippen LogP contribution >= 0.6 is 11.6 Å². The molecule has 1 unspecified atom stereocenters. The minimum Gasteiger partial charge on any atom is -0.464 e. The Hall–Kier alpha value is -1.18. The second-order valence-corrected chi connectivity index (χ2v) is 3.93. The SMILES string of the molecule is CCOc1nc(Cl)nc(NCC2COCCO2)n1. The third-order valence-electron chi connectivity index (χ3n) is 2.23. The Morgan fingerprint density at radius 2 is 2.28 bits per heavy atom. The molecule has 1 N–H and O–H groups in total. The molecule has 2 rings (SSSR count). The average Bonchev–Trinajstić information content (AvgIpc) is 2.37. The number of hydrogen-bond acceptors (Lipinski definition) is 7. The van der Waals surface area contributed by atoms with Crippen LogP contribution in [-0.4, -0.2) is 54.0 Å². The van der Waals surface area contributed by atoms with E-state index in [2.05, 4.69) is 20.3 Å². The first kappa shape index (κ1) is 13.3. The van der Waals surface area contributed by atoms with Gasteiger partial charge in [0, 0.05) is 6.54 Å². The smallest absolute Gasteiger partial charge is 0.322 e. The summed E-state index contributed by atoms with van der Waals surface area (Å²) < 4.78 is 15.9. The van der Waals surface area contributed by atoms with E-state index in [9.17, 15) is 0 Å². The topological polar surface area (TPSA) is 78.4 Å². The van der Waals surface area contributed by atoms with Crippen molar-refractivity contribution in [3.63, 3.8) is 0 Å². The minimum atomic E-state index is -0.00941. The second-order valence-electron chi connectivity index (χ2n) is 3.59. The highest BCUT2D eigenvalue weighted by Gasteiger charge is 2.15. The third kappa shape index (κ3) is 3.94. The van der Waals surface area contributed by atoms with Crippen molar-refractivity contribution >= 4 is 17.5 Å². The normalized spacial score (nSPS) is 19.6. The molecule has 1 fully saturated rings. The van der Waals surface area contributed by atoms with Crippen LogP contribution in [0.4, 0.5) is 5.95 Å². The van der Waals surface area contributed by atoms with Crippen molar-refractivity contribution < 1.29 is 14.2 Å². The summed E-state index contributed by atoms with van der Waals surface area (Å²) >= 11 is 5.77. The molecule has 18 heavy (non-hydrogen) atoms. The van der Waals surface area contributed by atoms with E-state index in [1.165, 1.54) is 0 Å². The Kier molecular flexibility index (Phi) is 4.91. The Labute approximate surface area is 110 Å². The van der Waals surface area contributed by atoms with Gasteiger partial charge in [0.2, 0.25) is 11.2 Å². The number of aromatic nitrogens is 3. The van der Waals surface area contributed by atoms with E-state index in [4.69, 9.17) is 25.8 Å². The standard InChI is InChI=1S/C10H15ClN4O3/c1-2-17-10-14-8(11)13-9(15-10)12-5-7-6-16-3-4-18-7/h7H,2-6H2,1H3,(H,12,13,14,15). The van der Waals surface area contributed by atoms with Crippen LogP contribution in [0.1, 0.15) is 6.92 Å². The maximum Gasteiger partial charge on any atom is 0.322 e. The quantitative estimate of drug-likeness (QED) is 0.849. The molecule has 1 aromatic heterocycles. The van der Waals surface area contributed by atoms with E-state index in [0.29, 0.717) is 38.9 Å². The Morgan fingerprint density at radius 1 is 1.39 bits per heavy atom. The van der Waals surface area contributed by atoms with Gasteiger partial charge < -0.3 is 19.5 Å². The van der Waals surface area contributed by atoms with Gasteiger partial charge in [-0.15, -0.1) is 0 Å². The number of anilines is 1. The van der Waals surface area contributed by atoms with Crippen molar-refractivity contribution in [2.24, 2.45) is 0 Å². The molecule has 1 aliphatic heterocycles. The largest absolute Gasteiger partial charge is 0.464 e. The molecule has 7 nitrogen and oxygen atoms in total. The second kappa shape index (κ2) is 6.67. The highest BCUT2D eigenvalue weighted by molar-refractivity contribution is 6.28. The van der Waals surface area contributed by atoms with Gasteiger partial charge in [-0.05, 0) is 18.5 Å². The number of hydrogen-bond donors (Lipinski definition) is 1. The molecule has 0 amide bonds. The van der Waals surface area contributed by atoms with Crippen molar-refractivity contribution in [3.05, 3.63) is 5.28 Å². The zero-order chi connectivity index (χ0) is 12.8. The van der Waals surface area contributed by atoms with E-state index in [1.54, 1.807) is 0 Å². The van der Waals surface area contributed by atoms with E-state index in [0.717, 1.165) is 0 Å². The summed E-state index contributed by atoms with van der Waals surface area (Å²) in [7, 11) is 0. The average molecular weight is 275 g/mol. The van der Waals surface area contributed by atoms with E-state index in [1.807, 2.05) is 6.92 Å². The van der Waals surface area contributed by atoms with Gasteiger partial charge in [0.15, 0.2) is 0 Å². The summed E-state index contributed by atoms with van der Waals surface area (Å²) in [6.07, 6.45) is -0.00941. The highest BCUT2D eigenvalue weighted by Crippen LogP contribution is 2.11. The van der Waals surface area contributed by atoms with Crippen LogP contribution in [0, 0.1) is 0 Å². The molecule has 0 radical (unpaired) electrons. The molecule has 1 aliphatic rings. The number of rotatable bonds is 5. The van der Waals surface area contributed by atoms with Crippen molar-refractivity contribution in [1.82, 2.24) is 15.0 Å². The Morgan fingerprint density at radius 3 is 3.00 bits per heavy atom. The molecule has 0 aromatic carbocycles. The maximum absolute atomic E-state index is 5.77. The maximum atomic E-state index is 5.77. The summed E-state index contributed by atoms with van der Waals surface area (Å²) in [5, 5.41) is 3.12. The third-order valence-corrected chi connectivity index (χ3v) is 2.40. The fourth-order valence-corrected chi connectivity index (χ4v) is 1.62. The van der Waals surface area contributed by atoms with Crippen LogP contribution in [0.3, 0.4) is 0 Å². The lowest BCUT2D eigenvalue weighted by atomic mass is 10.3. The monoisotopic (exact) mass is 274 g/mol. The fourth-order valence-electron chi connectivity index (χ4n) is 1.46. The molecule has 8 heteroatoms. The minimum absolute atomic E-state index is 0.00941. The number of halogens is 1. The molecule has 0 saturated carbocycles. The molecule has 1 atom stereocenters. The summed E-state index contributed by atoms with van der Waals surface area (Å²) in [5.41, 5.74) is 0. The molecule has 0 spiro atoms. The van der Waals surface area contributed by atoms with Gasteiger partial charge in [-0.1, -0.05) is 0 Å². The highest BCUT2D eigenvalue weighted by atomic mass is 35.5. The number of ether oxygens (including phenoxy) is 3. The first-order valence-corrected chi connectivity index (χ1v) is 6.13. The van der Waals surface area contributed by atoms with Crippen LogP contribution in [0.5, 0.6) is 6.01 Å². The van der Waals surface area contributed by atoms with Crippen LogP contribution in [0.25, 0.3) is 0 Å². The molecule has 1 saturated heterocycles. The van der Waals surface area contributed by atoms with Crippen LogP contribution in [0.15, 0.2) is 0 Å². The van der Waals surface area contributed by atoms with E-state index in [-0.39, 0.29) is 17.4 Å². The number of nitrogens with zero attached hydrogens (tertiary/aromatic N) is 3. The summed E-state index contributed by atoms with van der Waals surface area (Å²) in [4.78, 5) is 11.9. The molecular weight excluding hydrogens is 260 g/mol. The zero-order valence-corrected chi connectivity index (χ0v) is 10.8. The number of nitrogens with one attached hydrogen (secondary N) is 1. The fraction of sp³-hybridized carbons (Fsp3) is 0.700. The van der Waals surface area contributed by atoms with Crippen molar-refractivity contribution in [2.45, 2.75) is 13.0 Å². The van der Waals surface area contributed by atoms with Crippen LogP contribution < -0.4 is 10.1 Å². The lowest BCUT2D eigenvalue weighted by Crippen LogP contribution is -2.34. The first-order valence-electron chi connectivity index (χ1n) is 5.75. The summed E-state index contributed by atoms with van der Waals surface area (Å²) in [6, 6.07) is 0.209. The molecule has 2 heterocycles. The van der Waals surface area contributed by atoms with Gasteiger partial charge in [-0.25, -0.2) is 0 Å². The Bertz CT molecular complexity index is 387. The lowest BCUT2D eigenvalue weighted by molar-refractivity contribution is -0.0819. The van der Waals surface area contributed by atoms with Gasteiger partial charge in [-0.3, -0.25) is 0 Å². The van der Waals surface area contributed by atoms with Gasteiger partial charge in [0.1, 0.15) is 0 Å². The van der Waals surface area contributed by atoms with E-state index >= 15 is 0 Å². The van der Waals surface area contributed by atoms with Crippen molar-refractivity contribution in [3.8, 4) is 6.01 Å². The molecule has 100 valence electrons. The molecular formula is C10H15ClN4O3. The van der Waals surface area contributed by atoms with Gasteiger partial charge >= 0.3 is 6.01 Å². The van der Waals surface area contributed by atoms with Crippen molar-refractivity contribution in [2.75, 3.05) is 38.3 Å². The van der Waals surface area contributed by atoms with Gasteiger partial charge in [-0.2, -0.15) is 15.0 Å². The summed E-state index contributed by atoms with van der Waals surface area (Å²) in [6.45, 7) is 4.67. The molecule has 0 aliphatic carbocycles. The van der Waals surface area contributed by atoms with Crippen LogP contribution in [0.2, 0.25) is 5.28 Å². The van der Waals surface area contributed by atoms with Gasteiger partial charge in [0.05, 0.1) is 32.5 Å². The summed E-state index contributed by atoms with van der Waals surface area (Å²) in [5.74, 6) is 0.368. The predicted molar refractivity (Wildman–Crippen MR) is 65.1 cm³/mol. The van der Waals surface area contributed by atoms with Crippen molar-refractivity contribution in [1.29, 1.82) is 0 Å². The van der Waals surface area contributed by atoms with Crippen LogP contribution in [-0.2, 0) is 9.47 Å². The molecule has 0 bridgehead atoms. The van der Waals surface area contributed by atoms with Gasteiger partial charge in [0.25, 0.3) is 0 Å². The Balaban J connectivity index is 1.91.